The highest BCUT2D eigenvalue weighted by Crippen LogP contribution is 2.18. The number of nitrogens with zero attached hydrogens (tertiary/aromatic N) is 1. The molecule has 2 unspecified atom stereocenters. The predicted molar refractivity (Wildman–Crippen MR) is 37.1 cm³/mol. The molecule has 0 saturated carbocycles. The number of hydrogen-bond donors (Lipinski definition) is 1. The molecule has 2 N–H and O–H groups in total. The van der Waals surface area contributed by atoms with Crippen molar-refractivity contribution in [1.29, 1.82) is 0 Å². The molecule has 0 radical (unpaired) electrons. The van der Waals surface area contributed by atoms with Crippen LogP contribution in [0.2, 0.25) is 0 Å². The van der Waals surface area contributed by atoms with Gasteiger partial charge < -0.3 is 20.8 Å². The smallest absolute Gasteiger partial charge is 0.120 e. The van der Waals surface area contributed by atoms with Crippen LogP contribution in [0.3, 0.4) is 0 Å². The van der Waals surface area contributed by atoms with Gasteiger partial charge in [-0.3, -0.25) is 0 Å². The molecule has 4 nitrogen and oxygen atoms in total. The first-order valence-electron chi connectivity index (χ1n) is 3.38. The Kier molecular flexibility index (Phi) is 2.37. The molecule has 0 aliphatic carbocycles. The van der Waals surface area contributed by atoms with Gasteiger partial charge in [0.15, 0.2) is 0 Å². The molecule has 1 saturated heterocycles. The van der Waals surface area contributed by atoms with Crippen molar-refractivity contribution >= 4 is 6.29 Å². The van der Waals surface area contributed by atoms with Crippen LogP contribution in [0, 0.1) is 5.21 Å². The van der Waals surface area contributed by atoms with E-state index in [1.165, 1.54) is 0 Å². The summed E-state index contributed by atoms with van der Waals surface area (Å²) in [6.45, 7) is 0.420. The molecule has 0 aromatic carbocycles. The highest BCUT2D eigenvalue weighted by molar-refractivity contribution is 5.49. The third-order valence-corrected chi connectivity index (χ3v) is 1.84. The lowest BCUT2D eigenvalue weighted by molar-refractivity contribution is -0.108. The fourth-order valence-corrected chi connectivity index (χ4v) is 1.14. The van der Waals surface area contributed by atoms with Crippen molar-refractivity contribution in [2.24, 2.45) is 5.73 Å². The molecule has 1 rings (SSSR count). The highest BCUT2D eigenvalue weighted by Gasteiger charge is 2.28. The van der Waals surface area contributed by atoms with Crippen molar-refractivity contribution in [1.82, 2.24) is 5.06 Å². The van der Waals surface area contributed by atoms with Crippen LogP contribution in [0.25, 0.3) is 0 Å². The van der Waals surface area contributed by atoms with Crippen molar-refractivity contribution in [2.75, 3.05) is 6.54 Å². The second-order valence-corrected chi connectivity index (χ2v) is 2.57. The number of carbonyl (C=O) groups is 1. The van der Waals surface area contributed by atoms with Crippen LogP contribution in [0.15, 0.2) is 0 Å². The fourth-order valence-electron chi connectivity index (χ4n) is 1.14. The van der Waals surface area contributed by atoms with E-state index < -0.39 is 0 Å². The molecule has 0 spiro atoms. The zero-order chi connectivity index (χ0) is 7.56. The van der Waals surface area contributed by atoms with E-state index >= 15 is 0 Å². The number of hydrogen-bond acceptors (Lipinski definition) is 4. The maximum atomic E-state index is 10.7. The summed E-state index contributed by atoms with van der Waals surface area (Å²) in [5.41, 5.74) is 5.50. The second-order valence-electron chi connectivity index (χ2n) is 2.57. The molecular formula is C6H11N2O2-. The van der Waals surface area contributed by atoms with Gasteiger partial charge in [-0.05, 0) is 6.42 Å². The van der Waals surface area contributed by atoms with Crippen LogP contribution in [-0.2, 0) is 4.79 Å². The first kappa shape index (κ1) is 7.65. The molecular weight excluding hydrogens is 132 g/mol. The second kappa shape index (κ2) is 3.09. The van der Waals surface area contributed by atoms with E-state index in [0.29, 0.717) is 19.4 Å². The topological polar surface area (TPSA) is 69.4 Å². The Morgan fingerprint density at radius 2 is 2.50 bits per heavy atom. The summed E-state index contributed by atoms with van der Waals surface area (Å²) in [7, 11) is 0. The van der Waals surface area contributed by atoms with Crippen LogP contribution < -0.4 is 5.73 Å². The molecule has 1 aliphatic heterocycles. The first-order chi connectivity index (χ1) is 4.75. The van der Waals surface area contributed by atoms with E-state index in [0.717, 1.165) is 11.3 Å². The number of rotatable bonds is 3. The predicted octanol–water partition coefficient (Wildman–Crippen LogP) is -0.525. The van der Waals surface area contributed by atoms with E-state index in [1.807, 2.05) is 0 Å². The van der Waals surface area contributed by atoms with E-state index in [9.17, 15) is 10.0 Å². The SMILES string of the molecule is NC1CN([O-])C1CCC=O. The summed E-state index contributed by atoms with van der Waals surface area (Å²) in [5, 5.41) is 11.6. The van der Waals surface area contributed by atoms with Crippen LogP contribution in [0.5, 0.6) is 0 Å². The number of carbonyl (C=O) groups excluding carboxylic acids is 1. The van der Waals surface area contributed by atoms with Crippen molar-refractivity contribution < 1.29 is 4.79 Å². The summed E-state index contributed by atoms with van der Waals surface area (Å²) < 4.78 is 0. The van der Waals surface area contributed by atoms with Crippen molar-refractivity contribution in [3.8, 4) is 0 Å². The summed E-state index contributed by atoms with van der Waals surface area (Å²) >= 11 is 0. The Bertz CT molecular complexity index is 121. The molecule has 10 heavy (non-hydrogen) atoms. The Labute approximate surface area is 59.6 Å². The minimum absolute atomic E-state index is 0.0163. The minimum atomic E-state index is -0.106. The lowest BCUT2D eigenvalue weighted by atomic mass is 9.96. The lowest BCUT2D eigenvalue weighted by Gasteiger charge is -2.51. The van der Waals surface area contributed by atoms with Gasteiger partial charge in [0.1, 0.15) is 6.29 Å². The Morgan fingerprint density at radius 3 is 2.90 bits per heavy atom. The summed E-state index contributed by atoms with van der Waals surface area (Å²) in [4.78, 5) is 9.90. The van der Waals surface area contributed by atoms with Gasteiger partial charge in [0.25, 0.3) is 0 Å². The maximum Gasteiger partial charge on any atom is 0.120 e. The Balaban J connectivity index is 2.19. The van der Waals surface area contributed by atoms with Gasteiger partial charge in [0.05, 0.1) is 0 Å². The summed E-state index contributed by atoms with van der Waals surface area (Å²) in [6.07, 6.45) is 1.87. The molecule has 0 aromatic heterocycles. The highest BCUT2D eigenvalue weighted by atomic mass is 16.5. The number of hydroxylamine groups is 2. The van der Waals surface area contributed by atoms with Crippen LogP contribution in [-0.4, -0.2) is 30.0 Å². The third kappa shape index (κ3) is 1.34. The molecule has 2 atom stereocenters. The average molecular weight is 143 g/mol. The molecule has 4 heteroatoms. The monoisotopic (exact) mass is 143 g/mol. The quantitative estimate of drug-likeness (QED) is 0.539. The van der Waals surface area contributed by atoms with Crippen molar-refractivity contribution in [2.45, 2.75) is 24.9 Å². The van der Waals surface area contributed by atoms with Crippen LogP contribution >= 0.6 is 0 Å². The van der Waals surface area contributed by atoms with Crippen molar-refractivity contribution in [3.05, 3.63) is 5.21 Å². The Morgan fingerprint density at radius 1 is 1.80 bits per heavy atom. The van der Waals surface area contributed by atoms with E-state index in [1.54, 1.807) is 0 Å². The van der Waals surface area contributed by atoms with Crippen LogP contribution in [0.4, 0.5) is 0 Å². The van der Waals surface area contributed by atoms with Gasteiger partial charge in [0, 0.05) is 25.0 Å². The largest absolute Gasteiger partial charge is 0.785 e. The van der Waals surface area contributed by atoms with Crippen molar-refractivity contribution in [3.63, 3.8) is 0 Å². The molecule has 1 fully saturated rings. The fraction of sp³-hybridized carbons (Fsp3) is 0.833. The third-order valence-electron chi connectivity index (χ3n) is 1.84. The first-order valence-corrected chi connectivity index (χ1v) is 3.38. The molecule has 1 heterocycles. The molecule has 0 bridgehead atoms. The molecule has 0 amide bonds. The number of aldehydes is 1. The van der Waals surface area contributed by atoms with Gasteiger partial charge >= 0.3 is 0 Å². The molecule has 58 valence electrons. The molecule has 1 aliphatic rings. The number of nitrogens with two attached hydrogens (primary N) is 1. The van der Waals surface area contributed by atoms with Gasteiger partial charge in [-0.25, -0.2) is 0 Å². The van der Waals surface area contributed by atoms with E-state index in [4.69, 9.17) is 5.73 Å². The zero-order valence-electron chi connectivity index (χ0n) is 5.69. The van der Waals surface area contributed by atoms with E-state index in [2.05, 4.69) is 0 Å². The average Bonchev–Trinajstić information content (AvgIpc) is 1.89. The minimum Gasteiger partial charge on any atom is -0.785 e. The van der Waals surface area contributed by atoms with Gasteiger partial charge in [-0.1, -0.05) is 0 Å². The van der Waals surface area contributed by atoms with Crippen LogP contribution in [0.1, 0.15) is 12.8 Å². The van der Waals surface area contributed by atoms with Gasteiger partial charge in [0.2, 0.25) is 0 Å². The maximum absolute atomic E-state index is 10.7. The van der Waals surface area contributed by atoms with Gasteiger partial charge in [-0.2, -0.15) is 0 Å². The standard InChI is InChI=1S/C6H11N2O2/c7-5-4-8(10)6(5)2-1-3-9/h3,5-6H,1-2,4,7H2/q-1. The summed E-state index contributed by atoms with van der Waals surface area (Å²) in [6, 6.07) is -0.123. The Hall–Kier alpha value is -0.450. The zero-order valence-corrected chi connectivity index (χ0v) is 5.69. The van der Waals surface area contributed by atoms with Gasteiger partial charge in [-0.15, -0.1) is 0 Å². The normalized spacial score (nSPS) is 33.4. The lowest BCUT2D eigenvalue weighted by Crippen LogP contribution is -2.61. The summed E-state index contributed by atoms with van der Waals surface area (Å²) in [5.74, 6) is 0. The molecule has 0 aromatic rings. The van der Waals surface area contributed by atoms with E-state index in [-0.39, 0.29) is 12.1 Å².